The fourth-order valence-electron chi connectivity index (χ4n) is 1.64. The number of hydrogen-bond acceptors (Lipinski definition) is 5. The Morgan fingerprint density at radius 1 is 1.45 bits per heavy atom. The molecule has 0 aliphatic heterocycles. The molecular weight excluding hydrogens is 317 g/mol. The minimum absolute atomic E-state index is 0.0933. The van der Waals surface area contributed by atoms with Gasteiger partial charge in [0, 0.05) is 13.0 Å². The Hall–Kier alpha value is -1.86. The van der Waals surface area contributed by atoms with Gasteiger partial charge in [0.05, 0.1) is 30.8 Å². The van der Waals surface area contributed by atoms with E-state index in [0.717, 1.165) is 17.9 Å². The third-order valence-corrected chi connectivity index (χ3v) is 2.90. The average Bonchev–Trinajstić information content (AvgIpc) is 2.46. The molecule has 1 N–H and O–H groups in total. The molecule has 0 saturated heterocycles. The maximum absolute atomic E-state index is 13.9. The van der Waals surface area contributed by atoms with Crippen LogP contribution in [0.5, 0.6) is 5.75 Å². The lowest BCUT2D eigenvalue weighted by atomic mass is 10.2. The van der Waals surface area contributed by atoms with E-state index in [1.165, 1.54) is 12.1 Å². The number of anilines is 1. The van der Waals surface area contributed by atoms with Crippen molar-refractivity contribution in [1.82, 2.24) is 0 Å². The van der Waals surface area contributed by atoms with Crippen molar-refractivity contribution in [3.63, 3.8) is 0 Å². The zero-order chi connectivity index (χ0) is 16.7. The van der Waals surface area contributed by atoms with Gasteiger partial charge in [-0.1, -0.05) is 0 Å². The van der Waals surface area contributed by atoms with E-state index in [1.807, 2.05) is 0 Å². The van der Waals surface area contributed by atoms with E-state index in [2.05, 4.69) is 4.74 Å². The monoisotopic (exact) mass is 333 g/mol. The van der Waals surface area contributed by atoms with Gasteiger partial charge < -0.3 is 14.6 Å². The Bertz CT molecular complexity index is 540. The van der Waals surface area contributed by atoms with Gasteiger partial charge in [-0.05, 0) is 19.1 Å². The number of hydrogen-bond donors (Lipinski definition) is 1. The van der Waals surface area contributed by atoms with Crippen LogP contribution in [0.3, 0.4) is 0 Å². The van der Waals surface area contributed by atoms with E-state index in [0.29, 0.717) is 0 Å². The van der Waals surface area contributed by atoms with Gasteiger partial charge in [-0.3, -0.25) is 9.69 Å². The quantitative estimate of drug-likeness (QED) is 0.491. The first-order valence-electron chi connectivity index (χ1n) is 6.55. The summed E-state index contributed by atoms with van der Waals surface area (Å²) in [6.45, 7) is 2.74. The third kappa shape index (κ3) is 5.16. The fourth-order valence-corrected chi connectivity index (χ4v) is 1.74. The van der Waals surface area contributed by atoms with Crippen LogP contribution in [0.25, 0.3) is 0 Å². The van der Waals surface area contributed by atoms with Crippen molar-refractivity contribution in [3.8, 4) is 5.75 Å². The van der Waals surface area contributed by atoms with Gasteiger partial charge in [0.25, 0.3) is 0 Å². The predicted molar refractivity (Wildman–Crippen MR) is 78.8 cm³/mol. The van der Waals surface area contributed by atoms with Crippen molar-refractivity contribution in [2.24, 2.45) is 0 Å². The molecule has 0 aromatic heterocycles. The molecule has 1 aromatic carbocycles. The zero-order valence-corrected chi connectivity index (χ0v) is 13.0. The molecule has 0 aliphatic rings. The second-order valence-corrected chi connectivity index (χ2v) is 4.63. The molecule has 1 aromatic rings. The van der Waals surface area contributed by atoms with E-state index in [9.17, 15) is 19.1 Å². The number of aliphatic hydroxyl groups is 1. The smallest absolute Gasteiger partial charge is 0.414 e. The van der Waals surface area contributed by atoms with Crippen molar-refractivity contribution in [3.05, 3.63) is 24.0 Å². The molecule has 8 heteroatoms. The fraction of sp³-hybridized carbons (Fsp3) is 0.429. The predicted octanol–water partition coefficient (Wildman–Crippen LogP) is 2.31. The van der Waals surface area contributed by atoms with Crippen LogP contribution >= 0.6 is 11.6 Å². The molecular formula is C14H17ClFNO5. The number of amides is 1. The van der Waals surface area contributed by atoms with Gasteiger partial charge in [0.15, 0.2) is 11.6 Å². The molecule has 0 aliphatic carbocycles. The highest BCUT2D eigenvalue weighted by molar-refractivity contribution is 6.18. The van der Waals surface area contributed by atoms with E-state index >= 15 is 0 Å². The van der Waals surface area contributed by atoms with Crippen LogP contribution in [0, 0.1) is 5.82 Å². The number of esters is 1. The molecule has 0 bridgehead atoms. The lowest BCUT2D eigenvalue weighted by Gasteiger charge is -2.24. The van der Waals surface area contributed by atoms with Crippen LogP contribution in [0.2, 0.25) is 0 Å². The summed E-state index contributed by atoms with van der Waals surface area (Å²) in [5.74, 6) is -1.82. The number of aliphatic hydroxyl groups excluding tert-OH is 1. The first kappa shape index (κ1) is 18.2. The lowest BCUT2D eigenvalue weighted by Crippen LogP contribution is -2.38. The summed E-state index contributed by atoms with van der Waals surface area (Å²) in [5.41, 5.74) is 0.149. The molecule has 0 saturated carbocycles. The lowest BCUT2D eigenvalue weighted by molar-refractivity contribution is -0.132. The highest BCUT2D eigenvalue weighted by Gasteiger charge is 2.21. The van der Waals surface area contributed by atoms with E-state index in [1.54, 1.807) is 6.92 Å². The summed E-state index contributed by atoms with van der Waals surface area (Å²) in [6.07, 6.45) is -1.74. The standard InChI is InChI=1S/C14H17ClFNO5/c1-3-21-14(20)17(8-11(19)7-15)10-4-5-13(12(16)6-10)22-9(2)18/h4-6,11,19H,3,7-8H2,1-2H3/t11-/m0/s1. The highest BCUT2D eigenvalue weighted by atomic mass is 35.5. The van der Waals surface area contributed by atoms with Crippen LogP contribution in [-0.2, 0) is 9.53 Å². The Labute approximate surface area is 132 Å². The minimum Gasteiger partial charge on any atom is -0.449 e. The molecule has 1 amide bonds. The molecule has 0 fully saturated rings. The summed E-state index contributed by atoms with van der Waals surface area (Å²) in [4.78, 5) is 23.8. The molecule has 6 nitrogen and oxygen atoms in total. The van der Waals surface area contributed by atoms with Crippen molar-refractivity contribution >= 4 is 29.4 Å². The Balaban J connectivity index is 3.05. The van der Waals surface area contributed by atoms with Gasteiger partial charge in [0.1, 0.15) is 0 Å². The van der Waals surface area contributed by atoms with E-state index in [-0.39, 0.29) is 30.5 Å². The van der Waals surface area contributed by atoms with Crippen LogP contribution in [0.1, 0.15) is 13.8 Å². The second-order valence-electron chi connectivity index (χ2n) is 4.33. The first-order valence-corrected chi connectivity index (χ1v) is 7.08. The zero-order valence-electron chi connectivity index (χ0n) is 12.2. The maximum atomic E-state index is 13.9. The first-order chi connectivity index (χ1) is 10.4. The number of halogens is 2. The van der Waals surface area contributed by atoms with Crippen LogP contribution in [0.4, 0.5) is 14.9 Å². The number of ether oxygens (including phenoxy) is 2. The molecule has 1 atom stereocenters. The van der Waals surface area contributed by atoms with Crippen molar-refractivity contribution in [2.45, 2.75) is 20.0 Å². The minimum atomic E-state index is -0.998. The van der Waals surface area contributed by atoms with Gasteiger partial charge in [-0.15, -0.1) is 11.6 Å². The Kier molecular flexibility index (Phi) is 7.07. The molecule has 0 spiro atoms. The Morgan fingerprint density at radius 3 is 2.64 bits per heavy atom. The Morgan fingerprint density at radius 2 is 2.14 bits per heavy atom. The summed E-state index contributed by atoms with van der Waals surface area (Å²) < 4.78 is 23.4. The topological polar surface area (TPSA) is 76.1 Å². The van der Waals surface area contributed by atoms with Crippen LogP contribution < -0.4 is 9.64 Å². The number of nitrogens with zero attached hydrogens (tertiary/aromatic N) is 1. The maximum Gasteiger partial charge on any atom is 0.414 e. The largest absolute Gasteiger partial charge is 0.449 e. The third-order valence-electron chi connectivity index (χ3n) is 2.54. The van der Waals surface area contributed by atoms with E-state index in [4.69, 9.17) is 16.3 Å². The number of benzene rings is 1. The highest BCUT2D eigenvalue weighted by Crippen LogP contribution is 2.25. The van der Waals surface area contributed by atoms with Gasteiger partial charge in [-0.25, -0.2) is 9.18 Å². The van der Waals surface area contributed by atoms with Crippen molar-refractivity contribution in [1.29, 1.82) is 0 Å². The van der Waals surface area contributed by atoms with Gasteiger partial charge >= 0.3 is 12.1 Å². The molecule has 22 heavy (non-hydrogen) atoms. The number of alkyl halides is 1. The average molecular weight is 334 g/mol. The SMILES string of the molecule is CCOC(=O)N(C[C@@H](O)CCl)c1ccc(OC(C)=O)c(F)c1. The molecule has 0 heterocycles. The summed E-state index contributed by atoms with van der Waals surface area (Å²) in [5, 5.41) is 9.61. The van der Waals surface area contributed by atoms with Gasteiger partial charge in [0.2, 0.25) is 0 Å². The van der Waals surface area contributed by atoms with Crippen molar-refractivity contribution < 1.29 is 28.6 Å². The molecule has 0 radical (unpaired) electrons. The van der Waals surface area contributed by atoms with Crippen LogP contribution in [-0.4, -0.2) is 42.3 Å². The summed E-state index contributed by atoms with van der Waals surface area (Å²) in [6, 6.07) is 3.60. The number of carbonyl (C=O) groups is 2. The van der Waals surface area contributed by atoms with Gasteiger partial charge in [-0.2, -0.15) is 0 Å². The number of carbonyl (C=O) groups excluding carboxylic acids is 2. The molecule has 0 unspecified atom stereocenters. The summed E-state index contributed by atoms with van der Waals surface area (Å²) in [7, 11) is 0. The van der Waals surface area contributed by atoms with Crippen LogP contribution in [0.15, 0.2) is 18.2 Å². The second kappa shape index (κ2) is 8.55. The van der Waals surface area contributed by atoms with E-state index < -0.39 is 24.0 Å². The number of rotatable bonds is 6. The van der Waals surface area contributed by atoms with Crippen molar-refractivity contribution in [2.75, 3.05) is 23.9 Å². The summed E-state index contributed by atoms with van der Waals surface area (Å²) >= 11 is 5.52. The normalized spacial score (nSPS) is 11.7. The molecule has 1 rings (SSSR count). The molecule has 122 valence electrons.